The van der Waals surface area contributed by atoms with E-state index in [-0.39, 0.29) is 71.3 Å². The van der Waals surface area contributed by atoms with Crippen LogP contribution in [0.25, 0.3) is 11.2 Å². The molecule has 0 bridgehead atoms. The van der Waals surface area contributed by atoms with Crippen molar-refractivity contribution in [2.45, 2.75) is 83.3 Å². The third-order valence-corrected chi connectivity index (χ3v) is 10.0. The van der Waals surface area contributed by atoms with Crippen LogP contribution in [0.3, 0.4) is 0 Å². The number of nitrogens with one attached hydrogen (secondary N) is 2. The van der Waals surface area contributed by atoms with Crippen molar-refractivity contribution in [2.75, 3.05) is 26.7 Å². The first kappa shape index (κ1) is 32.3. The van der Waals surface area contributed by atoms with E-state index in [2.05, 4.69) is 57.8 Å². The van der Waals surface area contributed by atoms with E-state index in [1.54, 1.807) is 24.4 Å². The van der Waals surface area contributed by atoms with Crippen LogP contribution in [-0.4, -0.2) is 98.6 Å². The minimum atomic E-state index is -0.226. The van der Waals surface area contributed by atoms with Crippen molar-refractivity contribution in [3.05, 3.63) is 77.7 Å². The fourth-order valence-corrected chi connectivity index (χ4v) is 7.51. The summed E-state index contributed by atoms with van der Waals surface area (Å²) in [6.07, 6.45) is 8.55. The lowest BCUT2D eigenvalue weighted by molar-refractivity contribution is -0.00670. The summed E-state index contributed by atoms with van der Waals surface area (Å²) in [6.45, 7) is 11.6. The second-order valence-electron chi connectivity index (χ2n) is 13.3. The summed E-state index contributed by atoms with van der Waals surface area (Å²) in [7, 11) is 1.50. The Labute approximate surface area is 269 Å². The van der Waals surface area contributed by atoms with Crippen molar-refractivity contribution >= 4 is 17.1 Å². The summed E-state index contributed by atoms with van der Waals surface area (Å²) in [5.41, 5.74) is 2.49. The number of fused-ring (bicyclic) bond motifs is 1. The van der Waals surface area contributed by atoms with Gasteiger partial charge in [0.15, 0.2) is 11.3 Å². The van der Waals surface area contributed by atoms with E-state index < -0.39 is 0 Å². The lowest BCUT2D eigenvalue weighted by Crippen LogP contribution is -2.65. The highest BCUT2D eigenvalue weighted by Crippen LogP contribution is 2.33. The first-order valence-electron chi connectivity index (χ1n) is 16.4. The van der Waals surface area contributed by atoms with E-state index in [1.165, 1.54) is 19.2 Å². The minimum absolute atomic E-state index is 0.0517. The zero-order chi connectivity index (χ0) is 32.5. The molecule has 0 radical (unpaired) electrons. The zero-order valence-corrected chi connectivity index (χ0v) is 27.3. The summed E-state index contributed by atoms with van der Waals surface area (Å²) in [6, 6.07) is 9.35. The molecule has 2 aliphatic heterocycles. The van der Waals surface area contributed by atoms with Gasteiger partial charge >= 0.3 is 0 Å². The van der Waals surface area contributed by atoms with Gasteiger partial charge in [0.1, 0.15) is 17.2 Å². The number of hydrogen-bond acceptors (Lipinski definition) is 7. The molecule has 3 aliphatic rings. The highest BCUT2D eigenvalue weighted by molar-refractivity contribution is 5.96. The molecule has 1 amide bonds. The Balaban J connectivity index is 1.22. The SMILES string of the molecule is COc1nc2[nH]ccc2nc1C(=O)N1C[C@H](C)N([C@H](CC2NC(C)CN(Cc3ccc(F)cc3)[C@H]2C)C2C=CC(F)=CC2)C[C@H]1C. The van der Waals surface area contributed by atoms with Crippen LogP contribution in [0.15, 0.2) is 60.6 Å². The van der Waals surface area contributed by atoms with Crippen molar-refractivity contribution in [1.82, 2.24) is 35.0 Å². The van der Waals surface area contributed by atoms with Crippen molar-refractivity contribution in [3.63, 3.8) is 0 Å². The van der Waals surface area contributed by atoms with E-state index in [0.717, 1.165) is 25.1 Å². The van der Waals surface area contributed by atoms with Gasteiger partial charge in [-0.3, -0.25) is 14.6 Å². The van der Waals surface area contributed by atoms with Crippen molar-refractivity contribution in [2.24, 2.45) is 5.92 Å². The number of methoxy groups -OCH3 is 1. The molecule has 0 saturated carbocycles. The Hall–Kier alpha value is -3.67. The number of allylic oxidation sites excluding steroid dienone is 3. The van der Waals surface area contributed by atoms with Gasteiger partial charge in [0.25, 0.3) is 5.91 Å². The smallest absolute Gasteiger partial charge is 0.278 e. The maximum atomic E-state index is 14.1. The van der Waals surface area contributed by atoms with E-state index in [4.69, 9.17) is 4.74 Å². The largest absolute Gasteiger partial charge is 0.479 e. The van der Waals surface area contributed by atoms with Gasteiger partial charge in [-0.15, -0.1) is 0 Å². The molecule has 2 saturated heterocycles. The third kappa shape index (κ3) is 6.72. The van der Waals surface area contributed by atoms with Gasteiger partial charge in [-0.25, -0.2) is 13.8 Å². The molecule has 1 aromatic carbocycles. The second-order valence-corrected chi connectivity index (χ2v) is 13.3. The lowest BCUT2D eigenvalue weighted by Gasteiger charge is -2.51. The average molecular weight is 634 g/mol. The Morgan fingerprint density at radius 3 is 2.54 bits per heavy atom. The molecule has 3 unspecified atom stereocenters. The van der Waals surface area contributed by atoms with Gasteiger partial charge in [0.05, 0.1) is 7.11 Å². The number of aromatic amines is 1. The minimum Gasteiger partial charge on any atom is -0.479 e. The molecular weight excluding hydrogens is 588 g/mol. The lowest BCUT2D eigenvalue weighted by atomic mass is 9.83. The fourth-order valence-electron chi connectivity index (χ4n) is 7.51. The monoisotopic (exact) mass is 633 g/mol. The molecule has 11 heteroatoms. The molecule has 46 heavy (non-hydrogen) atoms. The Bertz CT molecular complexity index is 1590. The molecule has 6 rings (SSSR count). The quantitative estimate of drug-likeness (QED) is 0.358. The highest BCUT2D eigenvalue weighted by Gasteiger charge is 2.42. The van der Waals surface area contributed by atoms with E-state index >= 15 is 0 Å². The summed E-state index contributed by atoms with van der Waals surface area (Å²) in [5, 5.41) is 3.87. The van der Waals surface area contributed by atoms with E-state index in [0.29, 0.717) is 30.7 Å². The molecule has 9 nitrogen and oxygen atoms in total. The second kappa shape index (κ2) is 13.6. The van der Waals surface area contributed by atoms with Gasteiger partial charge in [0.2, 0.25) is 5.88 Å². The number of carbonyl (C=O) groups is 1. The van der Waals surface area contributed by atoms with Crippen molar-refractivity contribution < 1.29 is 18.3 Å². The molecule has 4 heterocycles. The van der Waals surface area contributed by atoms with Gasteiger partial charge in [0, 0.05) is 68.6 Å². The first-order valence-corrected chi connectivity index (χ1v) is 16.4. The fraction of sp³-hybridized carbons (Fsp3) is 0.514. The number of piperazine rings is 2. The number of hydrogen-bond donors (Lipinski definition) is 2. The summed E-state index contributed by atoms with van der Waals surface area (Å²) in [4.78, 5) is 32.9. The van der Waals surface area contributed by atoms with E-state index in [1.807, 2.05) is 23.1 Å². The summed E-state index contributed by atoms with van der Waals surface area (Å²) < 4.78 is 33.2. The number of amides is 1. The van der Waals surface area contributed by atoms with Crippen LogP contribution in [-0.2, 0) is 6.54 Å². The zero-order valence-electron chi connectivity index (χ0n) is 27.3. The van der Waals surface area contributed by atoms with E-state index in [9.17, 15) is 13.6 Å². The van der Waals surface area contributed by atoms with Crippen molar-refractivity contribution in [3.8, 4) is 5.88 Å². The van der Waals surface area contributed by atoms with Crippen LogP contribution in [0.1, 0.15) is 56.6 Å². The number of ether oxygens (including phenoxy) is 1. The van der Waals surface area contributed by atoms with Crippen LogP contribution in [0, 0.1) is 11.7 Å². The van der Waals surface area contributed by atoms with Crippen LogP contribution >= 0.6 is 0 Å². The van der Waals surface area contributed by atoms with Gasteiger partial charge in [-0.05, 0) is 82.4 Å². The topological polar surface area (TPSA) is 89.6 Å². The summed E-state index contributed by atoms with van der Waals surface area (Å²) in [5.74, 6) is -0.271. The standard InChI is InChI=1S/C35H45F2N7O2/c1-21-17-42(20-25-6-10-27(36)11-7-25)24(4)30(39-21)16-31(26-8-12-28(37)13-9-26)43-18-23(3)44(19-22(43)2)35(45)32-34(46-5)41-33-29(40-32)14-15-38-33/h6-8,10-15,21-24,26,30-31,39H,9,16-20H2,1-5H3,(H,38,41)/t21?,22-,23+,24-,26?,30?,31+/m0/s1. The van der Waals surface area contributed by atoms with Crippen LogP contribution in [0.2, 0.25) is 0 Å². The molecule has 2 aromatic heterocycles. The maximum absolute atomic E-state index is 14.1. The maximum Gasteiger partial charge on any atom is 0.278 e. The molecule has 0 spiro atoms. The molecule has 246 valence electrons. The third-order valence-electron chi connectivity index (χ3n) is 10.0. The number of aromatic nitrogens is 3. The van der Waals surface area contributed by atoms with Gasteiger partial charge in [-0.1, -0.05) is 18.2 Å². The molecule has 2 N–H and O–H groups in total. The Morgan fingerprint density at radius 1 is 1.04 bits per heavy atom. The summed E-state index contributed by atoms with van der Waals surface area (Å²) >= 11 is 0. The predicted octanol–water partition coefficient (Wildman–Crippen LogP) is 5.08. The number of H-pyrrole nitrogens is 1. The molecule has 3 aromatic rings. The molecule has 2 fully saturated rings. The van der Waals surface area contributed by atoms with Crippen LogP contribution in [0.5, 0.6) is 5.88 Å². The number of benzene rings is 1. The molecule has 7 atom stereocenters. The van der Waals surface area contributed by atoms with Crippen molar-refractivity contribution in [1.29, 1.82) is 0 Å². The molecule has 1 aliphatic carbocycles. The Morgan fingerprint density at radius 2 is 1.83 bits per heavy atom. The number of halogens is 2. The number of nitrogens with zero attached hydrogens (tertiary/aromatic N) is 5. The average Bonchev–Trinajstić information content (AvgIpc) is 3.51. The highest BCUT2D eigenvalue weighted by atomic mass is 19.1. The normalized spacial score (nSPS) is 28.3. The predicted molar refractivity (Wildman–Crippen MR) is 175 cm³/mol. The number of rotatable bonds is 8. The van der Waals surface area contributed by atoms with Crippen LogP contribution in [0.4, 0.5) is 8.78 Å². The van der Waals surface area contributed by atoms with Gasteiger partial charge < -0.3 is 19.9 Å². The molecular formula is C35H45F2N7O2. The Kier molecular flexibility index (Phi) is 9.54. The first-order chi connectivity index (χ1) is 22.1. The van der Waals surface area contributed by atoms with Crippen LogP contribution < -0.4 is 10.1 Å². The van der Waals surface area contributed by atoms with Gasteiger partial charge in [-0.2, -0.15) is 4.98 Å². The number of carbonyl (C=O) groups excluding carboxylic acids is 1.